The molecule has 7 N–H and O–H groups in total. The summed E-state index contributed by atoms with van der Waals surface area (Å²) in [5.41, 5.74) is -1.28. The third kappa shape index (κ3) is 18.7. The van der Waals surface area contributed by atoms with Gasteiger partial charge in [0.2, 0.25) is 11.7 Å². The molecule has 1 amide bonds. The number of phosphoric ester groups is 1. The number of ether oxygens (including phenoxy) is 6. The highest BCUT2D eigenvalue weighted by Crippen LogP contribution is 2.66. The van der Waals surface area contributed by atoms with Crippen LogP contribution in [0.5, 0.6) is 5.75 Å². The average molecular weight is 940 g/mol. The minimum atomic E-state index is -5.77. The van der Waals surface area contributed by atoms with Crippen LogP contribution in [0.2, 0.25) is 0 Å². The van der Waals surface area contributed by atoms with Crippen molar-refractivity contribution in [2.75, 3.05) is 72.6 Å². The Hall–Kier alpha value is -4.16. The van der Waals surface area contributed by atoms with Crippen molar-refractivity contribution in [3.8, 4) is 29.0 Å². The summed E-state index contributed by atoms with van der Waals surface area (Å²) in [6.45, 7) is 3.35. The third-order valence-electron chi connectivity index (χ3n) is 7.67. The number of H-pyrrole nitrogens is 1. The molecular weight excluding hydrogens is 895 g/mol. The number of phosphoric acid groups is 3. The van der Waals surface area contributed by atoms with Crippen molar-refractivity contribution in [3.05, 3.63) is 62.7 Å². The van der Waals surface area contributed by atoms with Crippen molar-refractivity contribution in [2.45, 2.75) is 38.2 Å². The number of aromatic amines is 1. The number of carbonyl (C=O) groups is 1. The number of hydrogen-bond acceptors (Lipinski definition) is 20. The molecule has 5 atom stereocenters. The second kappa shape index (κ2) is 24.6. The third-order valence-corrected chi connectivity index (χ3v) is 11.5. The highest BCUT2D eigenvalue weighted by Gasteiger charge is 2.43. The summed E-state index contributed by atoms with van der Waals surface area (Å²) in [5, 5.41) is 28.7. The molecule has 342 valence electrons. The van der Waals surface area contributed by atoms with Crippen LogP contribution < -0.4 is 21.3 Å². The number of aliphatic hydroxyl groups is 1. The molecule has 0 saturated carbocycles. The van der Waals surface area contributed by atoms with Gasteiger partial charge < -0.3 is 58.4 Å². The highest BCUT2D eigenvalue weighted by atomic mass is 31.3. The first-order valence-corrected chi connectivity index (χ1v) is 22.7. The van der Waals surface area contributed by atoms with Crippen LogP contribution >= 0.6 is 23.5 Å². The predicted molar refractivity (Wildman–Crippen MR) is 207 cm³/mol. The van der Waals surface area contributed by atoms with Crippen LogP contribution in [0.25, 0.3) is 11.4 Å². The quantitative estimate of drug-likeness (QED) is 0.0291. The fraction of sp³-hybridized carbons (Fsp3) is 0.531. The van der Waals surface area contributed by atoms with E-state index < -0.39 is 65.7 Å². The van der Waals surface area contributed by atoms with Crippen LogP contribution in [0.4, 0.5) is 0 Å². The lowest BCUT2D eigenvalue weighted by atomic mass is 10.2. The number of aryl methyl sites for hydroxylation is 1. The van der Waals surface area contributed by atoms with Crippen molar-refractivity contribution in [1.82, 2.24) is 35.3 Å². The van der Waals surface area contributed by atoms with Gasteiger partial charge >= 0.3 is 29.2 Å². The molecule has 62 heavy (non-hydrogen) atoms. The molecule has 0 radical (unpaired) electrons. The topological polar surface area (TPSA) is 371 Å². The van der Waals surface area contributed by atoms with Crippen LogP contribution in [-0.4, -0.2) is 145 Å². The van der Waals surface area contributed by atoms with E-state index in [2.05, 4.69) is 50.7 Å². The van der Waals surface area contributed by atoms with Crippen LogP contribution in [0, 0.1) is 18.8 Å². The Bertz CT molecular complexity index is 2230. The molecule has 0 spiro atoms. The van der Waals surface area contributed by atoms with Gasteiger partial charge in [-0.1, -0.05) is 11.8 Å². The molecular formula is C32H44N7O20P3. The van der Waals surface area contributed by atoms with Crippen molar-refractivity contribution in [3.63, 3.8) is 0 Å². The highest BCUT2D eigenvalue weighted by molar-refractivity contribution is 7.66. The normalized spacial score (nSPS) is 18.3. The molecule has 0 bridgehead atoms. The van der Waals surface area contributed by atoms with E-state index in [0.717, 1.165) is 16.3 Å². The van der Waals surface area contributed by atoms with E-state index in [9.17, 15) is 43.0 Å². The molecule has 1 saturated heterocycles. The van der Waals surface area contributed by atoms with Gasteiger partial charge in [0.05, 0.1) is 72.1 Å². The van der Waals surface area contributed by atoms with E-state index in [1.54, 1.807) is 19.1 Å². The number of aliphatic hydroxyl groups excluding tert-OH is 1. The average Bonchev–Trinajstić information content (AvgIpc) is 3.56. The molecule has 2 unspecified atom stereocenters. The van der Waals surface area contributed by atoms with Gasteiger partial charge in [-0.05, 0) is 31.2 Å². The molecule has 1 aromatic carbocycles. The molecule has 2 aromatic heterocycles. The maximum absolute atomic E-state index is 12.5. The summed E-state index contributed by atoms with van der Waals surface area (Å²) in [5.74, 6) is 6.27. The van der Waals surface area contributed by atoms with Gasteiger partial charge in [0.1, 0.15) is 30.3 Å². The minimum Gasteiger partial charge on any atom is -0.491 e. The molecule has 3 aromatic rings. The minimum absolute atomic E-state index is 0.0113. The lowest BCUT2D eigenvalue weighted by Crippen LogP contribution is -2.34. The Labute approximate surface area is 351 Å². The second-order valence-corrected chi connectivity index (χ2v) is 16.9. The number of benzene rings is 1. The summed E-state index contributed by atoms with van der Waals surface area (Å²) in [6.07, 6.45) is -3.42. The molecule has 30 heteroatoms. The zero-order valence-corrected chi connectivity index (χ0v) is 35.4. The summed E-state index contributed by atoms with van der Waals surface area (Å²) in [4.78, 5) is 75.1. The first-order chi connectivity index (χ1) is 29.4. The van der Waals surface area contributed by atoms with E-state index >= 15 is 0 Å². The Morgan fingerprint density at radius 3 is 2.08 bits per heavy atom. The van der Waals surface area contributed by atoms with Gasteiger partial charge in [-0.15, -0.1) is 20.4 Å². The number of rotatable bonds is 26. The lowest BCUT2D eigenvalue weighted by molar-refractivity contribution is -0.122. The number of aromatic nitrogens is 6. The van der Waals surface area contributed by atoms with Crippen molar-refractivity contribution in [1.29, 1.82) is 0 Å². The molecule has 3 heterocycles. The molecule has 0 aliphatic carbocycles. The van der Waals surface area contributed by atoms with Crippen LogP contribution in [0.3, 0.4) is 0 Å². The Morgan fingerprint density at radius 2 is 1.47 bits per heavy atom. The molecule has 4 rings (SSSR count). The molecule has 1 aliphatic rings. The summed E-state index contributed by atoms with van der Waals surface area (Å²) in [7, 11) is -16.9. The molecule has 1 fully saturated rings. The van der Waals surface area contributed by atoms with Gasteiger partial charge in [0, 0.05) is 24.6 Å². The number of carbonyl (C=O) groups excluding carboxylic acids is 1. The van der Waals surface area contributed by atoms with E-state index in [-0.39, 0.29) is 44.8 Å². The van der Waals surface area contributed by atoms with Gasteiger partial charge in [0.15, 0.2) is 5.82 Å². The lowest BCUT2D eigenvalue weighted by Gasteiger charge is -2.19. The molecule has 27 nitrogen and oxygen atoms in total. The fourth-order valence-corrected chi connectivity index (χ4v) is 7.94. The zero-order valence-electron chi connectivity index (χ0n) is 32.7. The van der Waals surface area contributed by atoms with Crippen LogP contribution in [0.1, 0.15) is 30.5 Å². The van der Waals surface area contributed by atoms with Crippen molar-refractivity contribution in [2.24, 2.45) is 0 Å². The van der Waals surface area contributed by atoms with Gasteiger partial charge in [-0.3, -0.25) is 23.7 Å². The first kappa shape index (κ1) is 50.5. The standard InChI is InChI=1S/C32H44N7O20P3/c1-22-35-37-30(38-36-22)23-4-6-25(7-5-23)55-18-17-54-16-15-53-14-13-52-12-11-51-10-8-28(41)33-9-2-3-24-20-39(32(43)34-31(24)42)29-19-26(40)27(57-29)21-56-61(47,48)59-62(49,50)58-60(44,45)46/h4-7,20,26-27,29,40H,8-19,21H2,1H3,(H,33,41)(H,47,48)(H,49,50)(H,34,42,43)(H2,44,45,46)/t26-,27+,29+/m0/s1. The zero-order chi connectivity index (χ0) is 45.2. The second-order valence-electron chi connectivity index (χ2n) is 12.4. The smallest absolute Gasteiger partial charge is 0.490 e. The maximum Gasteiger partial charge on any atom is 0.490 e. The van der Waals surface area contributed by atoms with E-state index in [0.29, 0.717) is 57.0 Å². The Balaban J connectivity index is 1.01. The summed E-state index contributed by atoms with van der Waals surface area (Å²) >= 11 is 0. The summed E-state index contributed by atoms with van der Waals surface area (Å²) in [6, 6.07) is 7.22. The maximum atomic E-state index is 12.5. The number of nitrogens with zero attached hydrogens (tertiary/aromatic N) is 5. The Kier molecular flexibility index (Phi) is 20.0. The van der Waals surface area contributed by atoms with Gasteiger partial charge in [-0.2, -0.15) is 8.62 Å². The fourth-order valence-electron chi connectivity index (χ4n) is 4.91. The SMILES string of the molecule is Cc1nnc(-c2ccc(OCCOCCOCCOCCOCCC(=O)NCC#Cc3cn([C@H]4C[C@H](O)[C@@H](COP(=O)(O)OP(=O)(O)OP(=O)(O)O)O4)c(=O)[nH]c3=O)cc2)nn1. The molecule has 1 aliphatic heterocycles. The largest absolute Gasteiger partial charge is 0.491 e. The van der Waals surface area contributed by atoms with Crippen molar-refractivity contribution >= 4 is 29.4 Å². The monoisotopic (exact) mass is 939 g/mol. The Morgan fingerprint density at radius 1 is 0.871 bits per heavy atom. The van der Waals surface area contributed by atoms with Crippen LogP contribution in [0.15, 0.2) is 40.1 Å². The van der Waals surface area contributed by atoms with Gasteiger partial charge in [0.25, 0.3) is 5.56 Å². The number of nitrogens with one attached hydrogen (secondary N) is 2. The summed E-state index contributed by atoms with van der Waals surface area (Å²) < 4.78 is 79.8. The predicted octanol–water partition coefficient (Wildman–Crippen LogP) is -0.913. The number of amides is 1. The number of hydrogen-bond donors (Lipinski definition) is 7. The van der Waals surface area contributed by atoms with Gasteiger partial charge in [-0.25, -0.2) is 18.5 Å². The van der Waals surface area contributed by atoms with Crippen LogP contribution in [-0.2, 0) is 55.3 Å². The first-order valence-electron chi connectivity index (χ1n) is 18.2. The van der Waals surface area contributed by atoms with E-state index in [1.807, 2.05) is 17.1 Å². The van der Waals surface area contributed by atoms with Crippen molar-refractivity contribution < 1.29 is 84.7 Å². The van der Waals surface area contributed by atoms with E-state index in [4.69, 9.17) is 38.2 Å². The van der Waals surface area contributed by atoms with E-state index in [1.165, 1.54) is 0 Å².